The number of hydrogen-bond donors (Lipinski definition) is 0. The number of nitrogens with zero attached hydrogens (tertiary/aromatic N) is 1. The molecule has 0 N–H and O–H groups in total. The molecule has 1 aromatic rings. The smallest absolute Gasteiger partial charge is 0.146 e. The van der Waals surface area contributed by atoms with Crippen molar-refractivity contribution in [1.29, 1.82) is 0 Å². The van der Waals surface area contributed by atoms with Gasteiger partial charge in [-0.15, -0.1) is 0 Å². The normalized spacial score (nSPS) is 15.2. The van der Waals surface area contributed by atoms with E-state index in [4.69, 9.17) is 4.74 Å². The van der Waals surface area contributed by atoms with Crippen LogP contribution < -0.4 is 4.74 Å². The summed E-state index contributed by atoms with van der Waals surface area (Å²) in [4.78, 5) is 4.57. The van der Waals surface area contributed by atoms with Gasteiger partial charge in [-0.1, -0.05) is 38.5 Å². The van der Waals surface area contributed by atoms with E-state index in [0.717, 1.165) is 37.3 Å². The molecule has 0 amide bonds. The van der Waals surface area contributed by atoms with Gasteiger partial charge < -0.3 is 4.74 Å². The summed E-state index contributed by atoms with van der Waals surface area (Å²) >= 11 is 0. The molecule has 100 valence electrons. The number of rotatable bonds is 7. The summed E-state index contributed by atoms with van der Waals surface area (Å²) in [6.07, 6.45) is 3.05. The largest absolute Gasteiger partial charge is 0.481 e. The van der Waals surface area contributed by atoms with E-state index >= 15 is 0 Å². The molecule has 0 aliphatic heterocycles. The molecule has 0 spiro atoms. The molecule has 0 fully saturated rings. The lowest BCUT2D eigenvalue weighted by Crippen LogP contribution is -2.43. The number of para-hydroxylation sites is 1. The third-order valence-corrected chi connectivity index (χ3v) is 3.34. The zero-order chi connectivity index (χ0) is 13.4. The van der Waals surface area contributed by atoms with Crippen LogP contribution in [0.4, 0.5) is 0 Å². The summed E-state index contributed by atoms with van der Waals surface area (Å²) < 4.78 is 6.28. The topological polar surface area (TPSA) is 21.6 Å². The van der Waals surface area contributed by atoms with Crippen LogP contribution in [0.1, 0.15) is 47.0 Å². The van der Waals surface area contributed by atoms with E-state index in [1.807, 2.05) is 30.3 Å². The number of aliphatic imine (C=N–C) groups is 1. The third-order valence-electron chi connectivity index (χ3n) is 3.34. The van der Waals surface area contributed by atoms with Gasteiger partial charge in [0.05, 0.1) is 5.71 Å². The van der Waals surface area contributed by atoms with E-state index in [0.29, 0.717) is 0 Å². The molecule has 0 heterocycles. The average Bonchev–Trinajstić information content (AvgIpc) is 2.39. The van der Waals surface area contributed by atoms with Crippen molar-refractivity contribution in [3.8, 4) is 5.75 Å². The van der Waals surface area contributed by atoms with E-state index in [2.05, 4.69) is 32.7 Å². The van der Waals surface area contributed by atoms with Crippen molar-refractivity contribution < 1.29 is 4.74 Å². The molecule has 0 saturated heterocycles. The molecule has 18 heavy (non-hydrogen) atoms. The average molecular weight is 247 g/mol. The van der Waals surface area contributed by atoms with Crippen molar-refractivity contribution in [2.24, 2.45) is 4.99 Å². The molecule has 0 aliphatic carbocycles. The van der Waals surface area contributed by atoms with Crippen molar-refractivity contribution >= 4 is 5.71 Å². The Labute approximate surface area is 111 Å². The minimum atomic E-state index is -0.244. The van der Waals surface area contributed by atoms with Gasteiger partial charge in [-0.2, -0.15) is 0 Å². The molecule has 1 unspecified atom stereocenters. The zero-order valence-electron chi connectivity index (χ0n) is 12.1. The second-order valence-corrected chi connectivity index (χ2v) is 4.57. The molecule has 0 bridgehead atoms. The van der Waals surface area contributed by atoms with E-state index in [1.165, 1.54) is 0 Å². The minimum Gasteiger partial charge on any atom is -0.481 e. The Kier molecular flexibility index (Phi) is 5.90. The fraction of sp³-hybridized carbons (Fsp3) is 0.562. The van der Waals surface area contributed by atoms with Crippen molar-refractivity contribution in [3.63, 3.8) is 0 Å². The Bertz CT molecular complexity index is 372. The highest BCUT2D eigenvalue weighted by Gasteiger charge is 2.32. The summed E-state index contributed by atoms with van der Waals surface area (Å²) in [5, 5.41) is 0. The lowest BCUT2D eigenvalue weighted by atomic mass is 9.89. The van der Waals surface area contributed by atoms with Crippen LogP contribution in [0.25, 0.3) is 0 Å². The summed E-state index contributed by atoms with van der Waals surface area (Å²) in [6.45, 7) is 9.34. The lowest BCUT2D eigenvalue weighted by Gasteiger charge is -2.33. The van der Waals surface area contributed by atoms with Crippen LogP contribution in [0.5, 0.6) is 5.75 Å². The summed E-state index contributed by atoms with van der Waals surface area (Å²) in [5.41, 5.74) is 0.866. The Hall–Kier alpha value is -1.31. The highest BCUT2D eigenvalue weighted by molar-refractivity contribution is 5.90. The molecule has 2 nitrogen and oxygen atoms in total. The molecule has 0 radical (unpaired) electrons. The monoisotopic (exact) mass is 247 g/mol. The summed E-state index contributed by atoms with van der Waals surface area (Å²) in [5.74, 6) is 0.929. The zero-order valence-corrected chi connectivity index (χ0v) is 12.1. The van der Waals surface area contributed by atoms with Gasteiger partial charge in [0.25, 0.3) is 0 Å². The van der Waals surface area contributed by atoms with Crippen molar-refractivity contribution in [3.05, 3.63) is 30.3 Å². The lowest BCUT2D eigenvalue weighted by molar-refractivity contribution is 0.124. The second-order valence-electron chi connectivity index (χ2n) is 4.57. The Morgan fingerprint density at radius 3 is 2.33 bits per heavy atom. The molecule has 0 aliphatic rings. The first-order valence-corrected chi connectivity index (χ1v) is 6.94. The van der Waals surface area contributed by atoms with Crippen LogP contribution in [0.3, 0.4) is 0 Å². The van der Waals surface area contributed by atoms with E-state index in [-0.39, 0.29) is 5.60 Å². The van der Waals surface area contributed by atoms with E-state index < -0.39 is 0 Å². The van der Waals surface area contributed by atoms with Gasteiger partial charge >= 0.3 is 0 Å². The van der Waals surface area contributed by atoms with Gasteiger partial charge in [0.15, 0.2) is 0 Å². The Balaban J connectivity index is 3.00. The van der Waals surface area contributed by atoms with Gasteiger partial charge in [-0.3, -0.25) is 4.99 Å². The van der Waals surface area contributed by atoms with Crippen LogP contribution in [-0.4, -0.2) is 17.9 Å². The number of ether oxygens (including phenoxy) is 1. The van der Waals surface area contributed by atoms with Crippen LogP contribution >= 0.6 is 0 Å². The quantitative estimate of drug-likeness (QED) is 0.650. The molecule has 0 saturated carbocycles. The van der Waals surface area contributed by atoms with Crippen LogP contribution in [0.2, 0.25) is 0 Å². The predicted octanol–water partition coefficient (Wildman–Crippen LogP) is 4.50. The minimum absolute atomic E-state index is 0.244. The summed E-state index contributed by atoms with van der Waals surface area (Å²) in [7, 11) is 0. The van der Waals surface area contributed by atoms with Crippen LogP contribution in [0, 0.1) is 0 Å². The molecule has 0 aromatic heterocycles. The van der Waals surface area contributed by atoms with Crippen LogP contribution in [-0.2, 0) is 0 Å². The molecule has 1 rings (SSSR count). The van der Waals surface area contributed by atoms with Gasteiger partial charge in [0.2, 0.25) is 0 Å². The summed E-state index contributed by atoms with van der Waals surface area (Å²) in [6, 6.07) is 10.0. The van der Waals surface area contributed by atoms with Crippen molar-refractivity contribution in [2.75, 3.05) is 6.54 Å². The molecular formula is C16H25NO. The highest BCUT2D eigenvalue weighted by Crippen LogP contribution is 2.27. The first-order chi connectivity index (χ1) is 8.68. The number of benzene rings is 1. The number of hydrogen-bond acceptors (Lipinski definition) is 2. The maximum Gasteiger partial charge on any atom is 0.146 e. The second kappa shape index (κ2) is 7.20. The first kappa shape index (κ1) is 14.7. The van der Waals surface area contributed by atoms with Crippen molar-refractivity contribution in [1.82, 2.24) is 0 Å². The fourth-order valence-corrected chi connectivity index (χ4v) is 2.31. The van der Waals surface area contributed by atoms with Crippen molar-refractivity contribution in [2.45, 2.75) is 52.6 Å². The first-order valence-electron chi connectivity index (χ1n) is 6.94. The van der Waals surface area contributed by atoms with E-state index in [1.54, 1.807) is 0 Å². The standard InChI is InChI=1S/C16H25NO/c1-5-13-16(6-2,14(4)17-7-3)18-15-11-9-8-10-12-15/h8-12H,5-7,13H2,1-4H3. The van der Waals surface area contributed by atoms with Gasteiger partial charge in [-0.05, 0) is 38.8 Å². The maximum absolute atomic E-state index is 6.28. The predicted molar refractivity (Wildman–Crippen MR) is 78.7 cm³/mol. The van der Waals surface area contributed by atoms with E-state index in [9.17, 15) is 0 Å². The highest BCUT2D eigenvalue weighted by atomic mass is 16.5. The third kappa shape index (κ3) is 3.59. The molecule has 1 aromatic carbocycles. The Morgan fingerprint density at radius 2 is 1.83 bits per heavy atom. The Morgan fingerprint density at radius 1 is 1.17 bits per heavy atom. The fourth-order valence-electron chi connectivity index (χ4n) is 2.31. The maximum atomic E-state index is 6.28. The van der Waals surface area contributed by atoms with Crippen LogP contribution in [0.15, 0.2) is 35.3 Å². The van der Waals surface area contributed by atoms with Gasteiger partial charge in [-0.25, -0.2) is 0 Å². The molecular weight excluding hydrogens is 222 g/mol. The van der Waals surface area contributed by atoms with Gasteiger partial charge in [0.1, 0.15) is 11.4 Å². The van der Waals surface area contributed by atoms with Gasteiger partial charge in [0, 0.05) is 6.54 Å². The SMILES string of the molecule is CCCC(CC)(Oc1ccccc1)C(C)=NCC. The molecule has 1 atom stereocenters. The molecule has 2 heteroatoms.